The first-order valence-electron chi connectivity index (χ1n) is 6.92. The minimum absolute atomic E-state index is 1.11. The minimum atomic E-state index is 1.11. The molecule has 0 aliphatic heterocycles. The molecule has 0 saturated carbocycles. The average molecular weight is 335 g/mol. The van der Waals surface area contributed by atoms with Crippen molar-refractivity contribution in [3.05, 3.63) is 106 Å². The third-order valence-corrected chi connectivity index (χ3v) is 4.05. The molecular weight excluding hydrogens is 320 g/mol. The maximum atomic E-state index is 3.67. The van der Waals surface area contributed by atoms with Gasteiger partial charge in [0.15, 0.2) is 0 Å². The van der Waals surface area contributed by atoms with Gasteiger partial charge >= 0.3 is 0 Å². The fourth-order valence-electron chi connectivity index (χ4n) is 2.33. The lowest BCUT2D eigenvalue weighted by Crippen LogP contribution is -1.89. The first-order chi connectivity index (χ1) is 10.3. The Labute approximate surface area is 133 Å². The standard InChI is InChI=1S/C20H15Br/c21-20-14-8-7-13-18(20)19(17-11-5-2-6-12-17)15-16-9-3-1-4-10-16/h1-15H. The molecule has 0 atom stereocenters. The van der Waals surface area contributed by atoms with Crippen LogP contribution in [0.25, 0.3) is 11.6 Å². The smallest absolute Gasteiger partial charge is 0.0253 e. The van der Waals surface area contributed by atoms with E-state index in [4.69, 9.17) is 0 Å². The number of rotatable bonds is 3. The van der Waals surface area contributed by atoms with Gasteiger partial charge in [-0.05, 0) is 34.4 Å². The van der Waals surface area contributed by atoms with E-state index in [1.807, 2.05) is 18.2 Å². The van der Waals surface area contributed by atoms with Gasteiger partial charge in [0.05, 0.1) is 0 Å². The molecule has 0 heterocycles. The fraction of sp³-hybridized carbons (Fsp3) is 0. The number of halogens is 1. The molecule has 3 rings (SSSR count). The van der Waals surface area contributed by atoms with Crippen molar-refractivity contribution in [1.29, 1.82) is 0 Å². The van der Waals surface area contributed by atoms with E-state index in [-0.39, 0.29) is 0 Å². The van der Waals surface area contributed by atoms with Gasteiger partial charge in [0.25, 0.3) is 0 Å². The van der Waals surface area contributed by atoms with Crippen LogP contribution in [0.1, 0.15) is 16.7 Å². The van der Waals surface area contributed by atoms with Crippen molar-refractivity contribution < 1.29 is 0 Å². The molecule has 0 fully saturated rings. The lowest BCUT2D eigenvalue weighted by molar-refractivity contribution is 1.52. The van der Waals surface area contributed by atoms with Crippen LogP contribution in [-0.4, -0.2) is 0 Å². The molecule has 3 aromatic carbocycles. The lowest BCUT2D eigenvalue weighted by Gasteiger charge is -2.11. The lowest BCUT2D eigenvalue weighted by atomic mass is 9.96. The van der Waals surface area contributed by atoms with E-state index in [0.29, 0.717) is 0 Å². The summed E-state index contributed by atoms with van der Waals surface area (Å²) in [5.74, 6) is 0. The summed E-state index contributed by atoms with van der Waals surface area (Å²) in [5, 5.41) is 0. The number of hydrogen-bond acceptors (Lipinski definition) is 0. The van der Waals surface area contributed by atoms with Crippen LogP contribution in [0.2, 0.25) is 0 Å². The SMILES string of the molecule is Brc1ccccc1C(=Cc1ccccc1)c1ccccc1. The molecule has 0 aliphatic rings. The number of hydrogen-bond donors (Lipinski definition) is 0. The summed E-state index contributed by atoms with van der Waals surface area (Å²) in [7, 11) is 0. The molecule has 0 spiro atoms. The van der Waals surface area contributed by atoms with Crippen LogP contribution in [0.15, 0.2) is 89.4 Å². The molecule has 102 valence electrons. The van der Waals surface area contributed by atoms with E-state index in [0.717, 1.165) is 4.47 Å². The normalized spacial score (nSPS) is 11.4. The first-order valence-corrected chi connectivity index (χ1v) is 7.71. The van der Waals surface area contributed by atoms with Crippen molar-refractivity contribution >= 4 is 27.6 Å². The van der Waals surface area contributed by atoms with Gasteiger partial charge in [-0.1, -0.05) is 94.8 Å². The second kappa shape index (κ2) is 6.55. The highest BCUT2D eigenvalue weighted by Crippen LogP contribution is 2.31. The topological polar surface area (TPSA) is 0 Å². The van der Waals surface area contributed by atoms with Crippen molar-refractivity contribution in [2.75, 3.05) is 0 Å². The summed E-state index contributed by atoms with van der Waals surface area (Å²) in [6, 6.07) is 29.2. The van der Waals surface area contributed by atoms with Gasteiger partial charge in [-0.2, -0.15) is 0 Å². The third-order valence-electron chi connectivity index (χ3n) is 3.36. The summed E-state index contributed by atoms with van der Waals surface area (Å²) in [6.07, 6.45) is 2.23. The Morgan fingerprint density at radius 1 is 0.667 bits per heavy atom. The average Bonchev–Trinajstić information content (AvgIpc) is 2.55. The van der Waals surface area contributed by atoms with Crippen LogP contribution in [-0.2, 0) is 0 Å². The molecular formula is C20H15Br. The Morgan fingerprint density at radius 3 is 1.90 bits per heavy atom. The van der Waals surface area contributed by atoms with Crippen molar-refractivity contribution in [3.63, 3.8) is 0 Å². The Balaban J connectivity index is 2.17. The molecule has 0 N–H and O–H groups in total. The van der Waals surface area contributed by atoms with Gasteiger partial charge in [-0.3, -0.25) is 0 Å². The highest BCUT2D eigenvalue weighted by molar-refractivity contribution is 9.10. The van der Waals surface area contributed by atoms with Crippen LogP contribution in [0.4, 0.5) is 0 Å². The molecule has 0 amide bonds. The van der Waals surface area contributed by atoms with Gasteiger partial charge in [-0.25, -0.2) is 0 Å². The summed E-state index contributed by atoms with van der Waals surface area (Å²) in [5.41, 5.74) is 4.84. The number of benzene rings is 3. The summed E-state index contributed by atoms with van der Waals surface area (Å²) in [4.78, 5) is 0. The van der Waals surface area contributed by atoms with Crippen LogP contribution in [0, 0.1) is 0 Å². The van der Waals surface area contributed by atoms with E-state index in [1.165, 1.54) is 22.3 Å². The van der Waals surface area contributed by atoms with Crippen LogP contribution < -0.4 is 0 Å². The molecule has 0 radical (unpaired) electrons. The second-order valence-corrected chi connectivity index (χ2v) is 5.67. The highest BCUT2D eigenvalue weighted by Gasteiger charge is 2.08. The van der Waals surface area contributed by atoms with E-state index in [2.05, 4.69) is 88.7 Å². The van der Waals surface area contributed by atoms with Gasteiger partial charge < -0.3 is 0 Å². The highest BCUT2D eigenvalue weighted by atomic mass is 79.9. The van der Waals surface area contributed by atoms with E-state index in [1.54, 1.807) is 0 Å². The Bertz CT molecular complexity index is 743. The van der Waals surface area contributed by atoms with E-state index >= 15 is 0 Å². The van der Waals surface area contributed by atoms with Gasteiger partial charge in [-0.15, -0.1) is 0 Å². The van der Waals surface area contributed by atoms with Crippen LogP contribution >= 0.6 is 15.9 Å². The largest absolute Gasteiger partial charge is 0.0622 e. The van der Waals surface area contributed by atoms with Gasteiger partial charge in [0, 0.05) is 4.47 Å². The Morgan fingerprint density at radius 2 is 1.24 bits per heavy atom. The maximum absolute atomic E-state index is 3.67. The molecule has 1 heteroatoms. The van der Waals surface area contributed by atoms with E-state index < -0.39 is 0 Å². The zero-order chi connectivity index (χ0) is 14.5. The van der Waals surface area contributed by atoms with E-state index in [9.17, 15) is 0 Å². The summed E-state index contributed by atoms with van der Waals surface area (Å²) < 4.78 is 1.11. The van der Waals surface area contributed by atoms with Crippen LogP contribution in [0.5, 0.6) is 0 Å². The molecule has 0 bridgehead atoms. The van der Waals surface area contributed by atoms with Crippen molar-refractivity contribution in [2.24, 2.45) is 0 Å². The van der Waals surface area contributed by atoms with Crippen LogP contribution in [0.3, 0.4) is 0 Å². The summed E-state index contributed by atoms with van der Waals surface area (Å²) in [6.45, 7) is 0. The molecule has 0 nitrogen and oxygen atoms in total. The van der Waals surface area contributed by atoms with Gasteiger partial charge in [0.2, 0.25) is 0 Å². The second-order valence-electron chi connectivity index (χ2n) is 4.81. The van der Waals surface area contributed by atoms with Crippen molar-refractivity contribution in [3.8, 4) is 0 Å². The molecule has 0 aliphatic carbocycles. The Kier molecular flexibility index (Phi) is 4.32. The summed E-state index contributed by atoms with van der Waals surface area (Å²) >= 11 is 3.67. The Hall–Kier alpha value is -2.12. The minimum Gasteiger partial charge on any atom is -0.0622 e. The van der Waals surface area contributed by atoms with Gasteiger partial charge in [0.1, 0.15) is 0 Å². The molecule has 21 heavy (non-hydrogen) atoms. The predicted octanol–water partition coefficient (Wildman–Crippen LogP) is 6.04. The molecule has 3 aromatic rings. The molecule has 0 unspecified atom stereocenters. The zero-order valence-corrected chi connectivity index (χ0v) is 13.1. The van der Waals surface area contributed by atoms with Crippen molar-refractivity contribution in [1.82, 2.24) is 0 Å². The fourth-order valence-corrected chi connectivity index (χ4v) is 2.83. The monoisotopic (exact) mass is 334 g/mol. The third kappa shape index (κ3) is 3.32. The van der Waals surface area contributed by atoms with Crippen molar-refractivity contribution in [2.45, 2.75) is 0 Å². The maximum Gasteiger partial charge on any atom is 0.0253 e. The zero-order valence-electron chi connectivity index (χ0n) is 11.5. The quantitative estimate of drug-likeness (QED) is 0.512. The molecule has 0 saturated heterocycles. The predicted molar refractivity (Wildman–Crippen MR) is 94.0 cm³/mol. The first kappa shape index (κ1) is 13.8. The molecule has 0 aromatic heterocycles.